The predicted molar refractivity (Wildman–Crippen MR) is 73.3 cm³/mol. The van der Waals surface area contributed by atoms with Crippen molar-refractivity contribution in [3.63, 3.8) is 0 Å². The molecule has 1 aromatic rings. The van der Waals surface area contributed by atoms with Gasteiger partial charge in [-0.1, -0.05) is 6.92 Å². The Hall–Kier alpha value is -2.36. The van der Waals surface area contributed by atoms with Gasteiger partial charge in [0.1, 0.15) is 0 Å². The number of carboxylic acid groups (broad SMARTS) is 1. The molecular formula is C11H12N2O7S. The number of hydrogen-bond donors (Lipinski definition) is 1. The van der Waals surface area contributed by atoms with E-state index in [-0.39, 0.29) is 17.7 Å². The van der Waals surface area contributed by atoms with Gasteiger partial charge in [0.15, 0.2) is 0 Å². The minimum atomic E-state index is -1.64. The number of rotatable bonds is 7. The molecule has 2 unspecified atom stereocenters. The molecule has 10 heteroatoms. The van der Waals surface area contributed by atoms with Crippen molar-refractivity contribution in [2.45, 2.75) is 24.3 Å². The van der Waals surface area contributed by atoms with E-state index in [9.17, 15) is 29.2 Å². The molecular weight excluding hydrogens is 304 g/mol. The second-order valence-electron chi connectivity index (χ2n) is 4.26. The Balaban J connectivity index is 3.02. The Bertz CT molecular complexity index is 617. The van der Waals surface area contributed by atoms with Crippen LogP contribution in [0.25, 0.3) is 0 Å². The van der Waals surface area contributed by atoms with Crippen molar-refractivity contribution in [2.75, 3.05) is 0 Å². The van der Waals surface area contributed by atoms with Gasteiger partial charge in [0.05, 0.1) is 28.1 Å². The van der Waals surface area contributed by atoms with Crippen molar-refractivity contribution >= 4 is 28.1 Å². The van der Waals surface area contributed by atoms with E-state index >= 15 is 0 Å². The number of carbonyl (C=O) groups is 1. The minimum absolute atomic E-state index is 0.0705. The summed E-state index contributed by atoms with van der Waals surface area (Å²) in [6.07, 6.45) is -0.326. The molecule has 1 rings (SSSR count). The van der Waals surface area contributed by atoms with Crippen LogP contribution in [0.15, 0.2) is 18.2 Å². The van der Waals surface area contributed by atoms with Crippen LogP contribution in [0.4, 0.5) is 11.4 Å². The lowest BCUT2D eigenvalue weighted by Crippen LogP contribution is -2.17. The molecule has 21 heavy (non-hydrogen) atoms. The van der Waals surface area contributed by atoms with Gasteiger partial charge >= 0.3 is 5.97 Å². The summed E-state index contributed by atoms with van der Waals surface area (Å²) in [4.78, 5) is 30.5. The summed E-state index contributed by atoms with van der Waals surface area (Å²) in [6.45, 7) is 1.46. The van der Waals surface area contributed by atoms with Crippen LogP contribution < -0.4 is 0 Å². The summed E-state index contributed by atoms with van der Waals surface area (Å²) in [6, 6.07) is 3.05. The summed E-state index contributed by atoms with van der Waals surface area (Å²) in [7, 11) is -1.64. The molecule has 0 radical (unpaired) electrons. The zero-order valence-electron chi connectivity index (χ0n) is 10.9. The molecule has 1 aromatic carbocycles. The Morgan fingerprint density at radius 2 is 1.95 bits per heavy atom. The quantitative estimate of drug-likeness (QED) is 0.595. The molecule has 114 valence electrons. The number of nitrogens with zero attached hydrogens (tertiary/aromatic N) is 2. The molecule has 2 atom stereocenters. The Kier molecular flexibility index (Phi) is 5.47. The monoisotopic (exact) mass is 316 g/mol. The van der Waals surface area contributed by atoms with Gasteiger partial charge in [0.25, 0.3) is 11.4 Å². The number of nitro groups is 2. The van der Waals surface area contributed by atoms with E-state index in [1.807, 2.05) is 0 Å². The van der Waals surface area contributed by atoms with Crippen LogP contribution in [0, 0.1) is 20.2 Å². The van der Waals surface area contributed by atoms with Gasteiger partial charge in [-0.05, 0) is 6.07 Å². The molecule has 0 aromatic heterocycles. The molecule has 0 saturated heterocycles. The summed E-state index contributed by atoms with van der Waals surface area (Å²) in [5, 5.41) is 29.5. The van der Waals surface area contributed by atoms with E-state index in [1.54, 1.807) is 0 Å². The van der Waals surface area contributed by atoms with Gasteiger partial charge in [-0.15, -0.1) is 0 Å². The lowest BCUT2D eigenvalue weighted by Gasteiger charge is -2.09. The van der Waals surface area contributed by atoms with E-state index < -0.39 is 43.2 Å². The van der Waals surface area contributed by atoms with E-state index in [4.69, 9.17) is 5.11 Å². The highest BCUT2D eigenvalue weighted by molar-refractivity contribution is 7.84. The average Bonchev–Trinajstić information content (AvgIpc) is 2.37. The fourth-order valence-electron chi connectivity index (χ4n) is 1.59. The number of non-ortho nitro benzene ring substituents is 1. The number of aliphatic carboxylic acids is 1. The second-order valence-corrected chi connectivity index (χ2v) is 6.12. The lowest BCUT2D eigenvalue weighted by molar-refractivity contribution is -0.394. The topological polar surface area (TPSA) is 141 Å². The number of carboxylic acids is 1. The zero-order chi connectivity index (χ0) is 16.2. The summed E-state index contributed by atoms with van der Waals surface area (Å²) in [5.41, 5.74) is -0.865. The number of benzene rings is 1. The number of hydrogen-bond acceptors (Lipinski definition) is 6. The molecule has 0 heterocycles. The van der Waals surface area contributed by atoms with Gasteiger partial charge in [-0.3, -0.25) is 29.2 Å². The largest absolute Gasteiger partial charge is 0.481 e. The third-order valence-electron chi connectivity index (χ3n) is 2.69. The van der Waals surface area contributed by atoms with E-state index in [2.05, 4.69) is 0 Å². The van der Waals surface area contributed by atoms with Crippen LogP contribution in [0.1, 0.15) is 18.9 Å². The van der Waals surface area contributed by atoms with Gasteiger partial charge in [0, 0.05) is 27.7 Å². The first-order valence-electron chi connectivity index (χ1n) is 5.73. The molecule has 0 saturated carbocycles. The van der Waals surface area contributed by atoms with Crippen LogP contribution in [0.5, 0.6) is 0 Å². The van der Waals surface area contributed by atoms with Gasteiger partial charge in [-0.25, -0.2) is 0 Å². The first-order chi connectivity index (χ1) is 9.72. The van der Waals surface area contributed by atoms with Crippen LogP contribution >= 0.6 is 0 Å². The van der Waals surface area contributed by atoms with Crippen molar-refractivity contribution < 1.29 is 24.0 Å². The summed E-state index contributed by atoms with van der Waals surface area (Å²) >= 11 is 0. The highest BCUT2D eigenvalue weighted by atomic mass is 32.2. The third-order valence-corrected chi connectivity index (χ3v) is 4.34. The Morgan fingerprint density at radius 3 is 2.43 bits per heavy atom. The Labute approximate surface area is 121 Å². The SMILES string of the molecule is CC(CC(=O)O)S(=O)Cc1ccc([N+](=O)[O-])cc1[N+](=O)[O-]. The van der Waals surface area contributed by atoms with Crippen LogP contribution in [0.3, 0.4) is 0 Å². The van der Waals surface area contributed by atoms with Crippen molar-refractivity contribution in [3.05, 3.63) is 44.0 Å². The zero-order valence-corrected chi connectivity index (χ0v) is 11.7. The summed E-state index contributed by atoms with van der Waals surface area (Å²) < 4.78 is 11.9. The first kappa shape index (κ1) is 16.7. The molecule has 9 nitrogen and oxygen atoms in total. The fourth-order valence-corrected chi connectivity index (χ4v) is 2.76. The van der Waals surface area contributed by atoms with Crippen molar-refractivity contribution in [2.24, 2.45) is 0 Å². The van der Waals surface area contributed by atoms with Crippen molar-refractivity contribution in [1.82, 2.24) is 0 Å². The van der Waals surface area contributed by atoms with Gasteiger partial charge < -0.3 is 5.11 Å². The van der Waals surface area contributed by atoms with Crippen LogP contribution in [-0.4, -0.2) is 30.4 Å². The minimum Gasteiger partial charge on any atom is -0.481 e. The van der Waals surface area contributed by atoms with Crippen molar-refractivity contribution in [1.29, 1.82) is 0 Å². The van der Waals surface area contributed by atoms with Crippen molar-refractivity contribution in [3.8, 4) is 0 Å². The van der Waals surface area contributed by atoms with Crippen LogP contribution in [-0.2, 0) is 21.3 Å². The van der Waals surface area contributed by atoms with Crippen LogP contribution in [0.2, 0.25) is 0 Å². The van der Waals surface area contributed by atoms with Gasteiger partial charge in [0.2, 0.25) is 0 Å². The summed E-state index contributed by atoms with van der Waals surface area (Å²) in [5.74, 6) is -1.35. The second kappa shape index (κ2) is 6.88. The smallest absolute Gasteiger partial charge is 0.304 e. The maximum atomic E-state index is 11.9. The maximum Gasteiger partial charge on any atom is 0.304 e. The van der Waals surface area contributed by atoms with Gasteiger partial charge in [-0.2, -0.15) is 0 Å². The molecule has 0 amide bonds. The number of nitro benzene ring substituents is 2. The van der Waals surface area contributed by atoms with E-state index in [0.29, 0.717) is 0 Å². The molecule has 0 bridgehead atoms. The highest BCUT2D eigenvalue weighted by Crippen LogP contribution is 2.26. The first-order valence-corrected chi connectivity index (χ1v) is 7.11. The van der Waals surface area contributed by atoms with E-state index in [0.717, 1.165) is 12.1 Å². The molecule has 0 fully saturated rings. The molecule has 0 aliphatic heterocycles. The standard InChI is InChI=1S/C11H12N2O7S/c1-7(4-11(14)15)21(20)6-8-2-3-9(12(16)17)5-10(8)13(18)19/h2-3,5,7H,4,6H2,1H3,(H,14,15). The molecule has 1 N–H and O–H groups in total. The third kappa shape index (κ3) is 4.60. The Morgan fingerprint density at radius 1 is 1.33 bits per heavy atom. The fraction of sp³-hybridized carbons (Fsp3) is 0.364. The average molecular weight is 316 g/mol. The molecule has 0 aliphatic carbocycles. The lowest BCUT2D eigenvalue weighted by atomic mass is 10.2. The molecule has 0 aliphatic rings. The predicted octanol–water partition coefficient (Wildman–Crippen LogP) is 1.61. The highest BCUT2D eigenvalue weighted by Gasteiger charge is 2.23. The maximum absolute atomic E-state index is 11.9. The normalized spacial score (nSPS) is 13.4. The van der Waals surface area contributed by atoms with E-state index in [1.165, 1.54) is 13.0 Å². The molecule has 0 spiro atoms.